The van der Waals surface area contributed by atoms with E-state index >= 15 is 0 Å². The van der Waals surface area contributed by atoms with Crippen molar-refractivity contribution in [2.75, 3.05) is 24.6 Å². The molecular formula is C17H21BrN2O3. The Morgan fingerprint density at radius 2 is 2.26 bits per heavy atom. The van der Waals surface area contributed by atoms with Crippen LogP contribution in [0.3, 0.4) is 0 Å². The number of halogens is 1. The molecule has 2 fully saturated rings. The van der Waals surface area contributed by atoms with Crippen LogP contribution in [-0.4, -0.2) is 37.6 Å². The molecule has 2 heterocycles. The Labute approximate surface area is 144 Å². The molecule has 5 nitrogen and oxygen atoms in total. The number of aryl methyl sites for hydroxylation is 1. The average molecular weight is 381 g/mol. The molecule has 1 aromatic carbocycles. The number of carbonyl (C=O) groups excluding carboxylic acids is 2. The molecule has 6 heteroatoms. The van der Waals surface area contributed by atoms with Gasteiger partial charge >= 0.3 is 0 Å². The maximum Gasteiger partial charge on any atom is 0.239 e. The van der Waals surface area contributed by atoms with E-state index < -0.39 is 5.92 Å². The molecule has 2 aliphatic heterocycles. The van der Waals surface area contributed by atoms with Gasteiger partial charge in [-0.1, -0.05) is 22.0 Å². The van der Waals surface area contributed by atoms with Crippen molar-refractivity contribution >= 4 is 33.4 Å². The van der Waals surface area contributed by atoms with Gasteiger partial charge in [0.15, 0.2) is 0 Å². The van der Waals surface area contributed by atoms with Crippen molar-refractivity contribution in [3.8, 4) is 0 Å². The third kappa shape index (κ3) is 3.58. The molecule has 3 rings (SSSR count). The molecule has 0 saturated carbocycles. The van der Waals surface area contributed by atoms with Crippen molar-refractivity contribution in [3.63, 3.8) is 0 Å². The first kappa shape index (κ1) is 16.5. The SMILES string of the molecule is Cc1ccc(Br)cc1N1CCC(C(=O)NCC2CCCO2)C1=O. The van der Waals surface area contributed by atoms with Crippen LogP contribution in [0.15, 0.2) is 22.7 Å². The van der Waals surface area contributed by atoms with E-state index in [4.69, 9.17) is 4.74 Å². The Morgan fingerprint density at radius 3 is 3.00 bits per heavy atom. The summed E-state index contributed by atoms with van der Waals surface area (Å²) in [4.78, 5) is 26.7. The summed E-state index contributed by atoms with van der Waals surface area (Å²) in [5, 5.41) is 2.87. The van der Waals surface area contributed by atoms with Crippen molar-refractivity contribution in [2.45, 2.75) is 32.3 Å². The summed E-state index contributed by atoms with van der Waals surface area (Å²) in [6.45, 7) is 3.81. The molecule has 0 radical (unpaired) electrons. The number of benzene rings is 1. The van der Waals surface area contributed by atoms with Gasteiger partial charge < -0.3 is 15.0 Å². The predicted molar refractivity (Wildman–Crippen MR) is 91.3 cm³/mol. The second-order valence-electron chi connectivity index (χ2n) is 6.14. The molecule has 2 atom stereocenters. The van der Waals surface area contributed by atoms with Gasteiger partial charge in [0.05, 0.1) is 6.10 Å². The van der Waals surface area contributed by atoms with Crippen molar-refractivity contribution in [1.82, 2.24) is 5.32 Å². The fraction of sp³-hybridized carbons (Fsp3) is 0.529. The molecule has 2 amide bonds. The minimum Gasteiger partial charge on any atom is -0.376 e. The molecule has 2 aliphatic rings. The van der Waals surface area contributed by atoms with Gasteiger partial charge in [0.1, 0.15) is 5.92 Å². The number of nitrogens with one attached hydrogen (secondary N) is 1. The quantitative estimate of drug-likeness (QED) is 0.815. The lowest BCUT2D eigenvalue weighted by Gasteiger charge is -2.19. The van der Waals surface area contributed by atoms with Gasteiger partial charge in [0.2, 0.25) is 11.8 Å². The number of hydrogen-bond acceptors (Lipinski definition) is 3. The fourth-order valence-electron chi connectivity index (χ4n) is 3.18. The Kier molecular flexibility index (Phi) is 5.02. The Hall–Kier alpha value is -1.40. The smallest absolute Gasteiger partial charge is 0.239 e. The molecular weight excluding hydrogens is 360 g/mol. The fourth-order valence-corrected chi connectivity index (χ4v) is 3.53. The highest BCUT2D eigenvalue weighted by Crippen LogP contribution is 2.30. The summed E-state index contributed by atoms with van der Waals surface area (Å²) in [5.41, 5.74) is 1.90. The second kappa shape index (κ2) is 7.01. The molecule has 1 aromatic rings. The number of nitrogens with zero attached hydrogens (tertiary/aromatic N) is 1. The molecule has 1 N–H and O–H groups in total. The first-order chi connectivity index (χ1) is 11.1. The number of carbonyl (C=O) groups is 2. The summed E-state index contributed by atoms with van der Waals surface area (Å²) in [7, 11) is 0. The van der Waals surface area contributed by atoms with Gasteiger partial charge in [-0.15, -0.1) is 0 Å². The molecule has 2 unspecified atom stereocenters. The van der Waals surface area contributed by atoms with Crippen molar-refractivity contribution < 1.29 is 14.3 Å². The van der Waals surface area contributed by atoms with Crippen LogP contribution >= 0.6 is 15.9 Å². The lowest BCUT2D eigenvalue weighted by molar-refractivity contribution is -0.132. The second-order valence-corrected chi connectivity index (χ2v) is 7.06. The number of anilines is 1. The van der Waals surface area contributed by atoms with E-state index in [-0.39, 0.29) is 17.9 Å². The van der Waals surface area contributed by atoms with Gasteiger partial charge in [0.25, 0.3) is 0 Å². The Bertz CT molecular complexity index is 614. The molecule has 23 heavy (non-hydrogen) atoms. The molecule has 2 saturated heterocycles. The zero-order valence-electron chi connectivity index (χ0n) is 13.2. The van der Waals surface area contributed by atoms with E-state index in [0.29, 0.717) is 19.5 Å². The lowest BCUT2D eigenvalue weighted by Crippen LogP contribution is -2.40. The third-order valence-corrected chi connectivity index (χ3v) is 5.01. The summed E-state index contributed by atoms with van der Waals surface area (Å²) in [6.07, 6.45) is 2.67. The lowest BCUT2D eigenvalue weighted by atomic mass is 10.1. The van der Waals surface area contributed by atoms with Crippen LogP contribution in [0.25, 0.3) is 0 Å². The topological polar surface area (TPSA) is 58.6 Å². The highest BCUT2D eigenvalue weighted by molar-refractivity contribution is 9.10. The van der Waals surface area contributed by atoms with Crippen molar-refractivity contribution in [2.24, 2.45) is 5.92 Å². The van der Waals surface area contributed by atoms with E-state index in [0.717, 1.165) is 35.2 Å². The molecule has 0 spiro atoms. The highest BCUT2D eigenvalue weighted by atomic mass is 79.9. The summed E-state index contributed by atoms with van der Waals surface area (Å²) >= 11 is 3.44. The van der Waals surface area contributed by atoms with E-state index in [1.165, 1.54) is 0 Å². The molecule has 0 aliphatic carbocycles. The third-order valence-electron chi connectivity index (χ3n) is 4.51. The normalized spacial score (nSPS) is 24.3. The standard InChI is InChI=1S/C17H21BrN2O3/c1-11-4-5-12(18)9-15(11)20-7-6-14(17(20)22)16(21)19-10-13-3-2-8-23-13/h4-5,9,13-14H,2-3,6-8,10H2,1H3,(H,19,21). The number of hydrogen-bond donors (Lipinski definition) is 1. The minimum absolute atomic E-state index is 0.0962. The molecule has 0 aromatic heterocycles. The van der Waals surface area contributed by atoms with Gasteiger partial charge in [-0.25, -0.2) is 0 Å². The number of rotatable bonds is 4. The van der Waals surface area contributed by atoms with Crippen LogP contribution in [0.1, 0.15) is 24.8 Å². The van der Waals surface area contributed by atoms with Crippen LogP contribution in [0.5, 0.6) is 0 Å². The largest absolute Gasteiger partial charge is 0.376 e. The van der Waals surface area contributed by atoms with Gasteiger partial charge in [0, 0.05) is 29.9 Å². The van der Waals surface area contributed by atoms with Gasteiger partial charge in [-0.3, -0.25) is 9.59 Å². The van der Waals surface area contributed by atoms with Gasteiger partial charge in [-0.2, -0.15) is 0 Å². The first-order valence-corrected chi connectivity index (χ1v) is 8.82. The predicted octanol–water partition coefficient (Wildman–Crippen LogP) is 2.41. The first-order valence-electron chi connectivity index (χ1n) is 8.03. The Morgan fingerprint density at radius 1 is 1.43 bits per heavy atom. The molecule has 124 valence electrons. The van der Waals surface area contributed by atoms with E-state index in [1.807, 2.05) is 25.1 Å². The van der Waals surface area contributed by atoms with Crippen molar-refractivity contribution in [1.29, 1.82) is 0 Å². The van der Waals surface area contributed by atoms with Crippen molar-refractivity contribution in [3.05, 3.63) is 28.2 Å². The highest BCUT2D eigenvalue weighted by Gasteiger charge is 2.38. The van der Waals surface area contributed by atoms with E-state index in [9.17, 15) is 9.59 Å². The zero-order valence-corrected chi connectivity index (χ0v) is 14.8. The zero-order chi connectivity index (χ0) is 16.4. The number of ether oxygens (including phenoxy) is 1. The summed E-state index contributed by atoms with van der Waals surface area (Å²) in [6, 6.07) is 5.85. The van der Waals surface area contributed by atoms with E-state index in [2.05, 4.69) is 21.2 Å². The Balaban J connectivity index is 1.63. The van der Waals surface area contributed by atoms with Crippen LogP contribution < -0.4 is 10.2 Å². The van der Waals surface area contributed by atoms with Crippen LogP contribution in [0.2, 0.25) is 0 Å². The maximum atomic E-state index is 12.6. The monoisotopic (exact) mass is 380 g/mol. The van der Waals surface area contributed by atoms with E-state index in [1.54, 1.807) is 4.90 Å². The maximum absolute atomic E-state index is 12.6. The van der Waals surface area contributed by atoms with Crippen LogP contribution in [0.4, 0.5) is 5.69 Å². The molecule has 0 bridgehead atoms. The minimum atomic E-state index is -0.588. The van der Waals surface area contributed by atoms with Crippen LogP contribution in [-0.2, 0) is 14.3 Å². The average Bonchev–Trinajstić information content (AvgIpc) is 3.17. The summed E-state index contributed by atoms with van der Waals surface area (Å²) < 4.78 is 6.42. The summed E-state index contributed by atoms with van der Waals surface area (Å²) in [5.74, 6) is -0.883. The van der Waals surface area contributed by atoms with Gasteiger partial charge in [-0.05, 0) is 43.9 Å². The number of amides is 2. The van der Waals surface area contributed by atoms with Crippen LogP contribution in [0, 0.1) is 12.8 Å².